The maximum absolute atomic E-state index is 13.1. The molecular weight excluding hydrogens is 376 g/mol. The molecular formula is C22H24O7. The summed E-state index contributed by atoms with van der Waals surface area (Å²) in [7, 11) is 0. The second-order valence-electron chi connectivity index (χ2n) is 8.49. The first-order valence-electron chi connectivity index (χ1n) is 9.79. The second kappa shape index (κ2) is 6.48. The van der Waals surface area contributed by atoms with Gasteiger partial charge in [0.05, 0.1) is 0 Å². The first-order chi connectivity index (χ1) is 13.7. The molecule has 0 bridgehead atoms. The third-order valence-corrected chi connectivity index (χ3v) is 5.35. The van der Waals surface area contributed by atoms with Gasteiger partial charge in [-0.25, -0.2) is 4.79 Å². The van der Waals surface area contributed by atoms with Crippen LogP contribution in [0, 0.1) is 0 Å². The standard InChI is InChI=1S/C22H24O7/c1-21(2)26-15-16(27-21)18-20(29-22(3,4)28-18)25-17(15)19(23)24-14-11-7-9-12-8-5-6-10-13(12)14/h5-11,15-18,20H,1-4H3/t15-,16-,17+,18-,20+/m1/s1. The first kappa shape index (κ1) is 19.0. The predicted octanol–water partition coefficient (Wildman–Crippen LogP) is 3.14. The fourth-order valence-corrected chi connectivity index (χ4v) is 4.25. The molecule has 5 rings (SSSR count). The van der Waals surface area contributed by atoms with E-state index in [0.717, 1.165) is 10.8 Å². The zero-order chi connectivity index (χ0) is 20.4. The van der Waals surface area contributed by atoms with Gasteiger partial charge in [0.25, 0.3) is 0 Å². The molecule has 3 aliphatic heterocycles. The van der Waals surface area contributed by atoms with Crippen LogP contribution in [0.25, 0.3) is 10.8 Å². The minimum Gasteiger partial charge on any atom is -0.424 e. The van der Waals surface area contributed by atoms with Crippen molar-refractivity contribution in [3.63, 3.8) is 0 Å². The summed E-state index contributed by atoms with van der Waals surface area (Å²) in [5.74, 6) is -1.80. The maximum atomic E-state index is 13.1. The van der Waals surface area contributed by atoms with Crippen molar-refractivity contribution in [3.05, 3.63) is 42.5 Å². The smallest absolute Gasteiger partial charge is 0.343 e. The Morgan fingerprint density at radius 2 is 1.48 bits per heavy atom. The molecule has 3 heterocycles. The molecule has 5 atom stereocenters. The zero-order valence-electron chi connectivity index (χ0n) is 16.8. The molecule has 0 amide bonds. The molecule has 0 unspecified atom stereocenters. The number of ether oxygens (including phenoxy) is 6. The van der Waals surface area contributed by atoms with Crippen LogP contribution >= 0.6 is 0 Å². The predicted molar refractivity (Wildman–Crippen MR) is 102 cm³/mol. The van der Waals surface area contributed by atoms with Gasteiger partial charge in [0.15, 0.2) is 24.0 Å². The van der Waals surface area contributed by atoms with Crippen LogP contribution < -0.4 is 4.74 Å². The van der Waals surface area contributed by atoms with E-state index in [2.05, 4.69) is 0 Å². The number of hydrogen-bond donors (Lipinski definition) is 0. The summed E-state index contributed by atoms with van der Waals surface area (Å²) >= 11 is 0. The van der Waals surface area contributed by atoms with Crippen molar-refractivity contribution in [2.24, 2.45) is 0 Å². The van der Waals surface area contributed by atoms with E-state index in [1.165, 1.54) is 0 Å². The Morgan fingerprint density at radius 3 is 2.31 bits per heavy atom. The van der Waals surface area contributed by atoms with Gasteiger partial charge < -0.3 is 28.4 Å². The van der Waals surface area contributed by atoms with Crippen molar-refractivity contribution >= 4 is 16.7 Å². The topological polar surface area (TPSA) is 72.5 Å². The Hall–Kier alpha value is -2.03. The van der Waals surface area contributed by atoms with Crippen LogP contribution in [0.2, 0.25) is 0 Å². The molecule has 3 saturated heterocycles. The molecule has 0 radical (unpaired) electrons. The molecule has 0 aliphatic carbocycles. The van der Waals surface area contributed by atoms with Crippen LogP contribution in [0.5, 0.6) is 5.75 Å². The fraction of sp³-hybridized carbons (Fsp3) is 0.500. The van der Waals surface area contributed by atoms with E-state index in [1.54, 1.807) is 33.8 Å². The highest BCUT2D eigenvalue weighted by molar-refractivity contribution is 5.91. The van der Waals surface area contributed by atoms with Gasteiger partial charge in [0, 0.05) is 5.39 Å². The lowest BCUT2D eigenvalue weighted by Crippen LogP contribution is -2.58. The Bertz CT molecular complexity index is 948. The highest BCUT2D eigenvalue weighted by atomic mass is 16.9. The lowest BCUT2D eigenvalue weighted by atomic mass is 9.99. The third-order valence-electron chi connectivity index (χ3n) is 5.35. The number of fused-ring (bicyclic) bond motifs is 4. The van der Waals surface area contributed by atoms with Gasteiger partial charge in [-0.1, -0.05) is 36.4 Å². The molecule has 2 aromatic rings. The average Bonchev–Trinajstić information content (AvgIpc) is 3.15. The molecule has 3 fully saturated rings. The summed E-state index contributed by atoms with van der Waals surface area (Å²) in [6.07, 6.45) is -3.39. The van der Waals surface area contributed by atoms with Crippen molar-refractivity contribution < 1.29 is 33.2 Å². The van der Waals surface area contributed by atoms with Crippen molar-refractivity contribution in [1.29, 1.82) is 0 Å². The largest absolute Gasteiger partial charge is 0.424 e. The van der Waals surface area contributed by atoms with Crippen LogP contribution in [0.15, 0.2) is 42.5 Å². The van der Waals surface area contributed by atoms with Crippen molar-refractivity contribution in [2.75, 3.05) is 0 Å². The third kappa shape index (κ3) is 3.33. The summed E-state index contributed by atoms with van der Waals surface area (Å²) in [4.78, 5) is 13.1. The summed E-state index contributed by atoms with van der Waals surface area (Å²) in [5, 5.41) is 1.83. The molecule has 7 nitrogen and oxygen atoms in total. The summed E-state index contributed by atoms with van der Waals surface area (Å²) in [5.41, 5.74) is 0. The highest BCUT2D eigenvalue weighted by Crippen LogP contribution is 2.44. The fourth-order valence-electron chi connectivity index (χ4n) is 4.25. The van der Waals surface area contributed by atoms with E-state index >= 15 is 0 Å². The van der Waals surface area contributed by atoms with Crippen molar-refractivity contribution in [1.82, 2.24) is 0 Å². The monoisotopic (exact) mass is 400 g/mol. The van der Waals surface area contributed by atoms with Gasteiger partial charge in [0.1, 0.15) is 24.1 Å². The molecule has 154 valence electrons. The molecule has 29 heavy (non-hydrogen) atoms. The van der Waals surface area contributed by atoms with Crippen LogP contribution in [-0.4, -0.2) is 48.2 Å². The van der Waals surface area contributed by atoms with E-state index in [4.69, 9.17) is 28.4 Å². The van der Waals surface area contributed by atoms with E-state index in [-0.39, 0.29) is 0 Å². The quantitative estimate of drug-likeness (QED) is 0.566. The molecule has 0 aromatic heterocycles. The van der Waals surface area contributed by atoms with Gasteiger partial charge in [-0.2, -0.15) is 0 Å². The molecule has 3 aliphatic rings. The Labute approximate surface area is 168 Å². The molecule has 7 heteroatoms. The zero-order valence-corrected chi connectivity index (χ0v) is 16.8. The van der Waals surface area contributed by atoms with Crippen LogP contribution in [-0.2, 0) is 28.5 Å². The molecule has 2 aromatic carbocycles. The van der Waals surface area contributed by atoms with Gasteiger partial charge in [-0.3, -0.25) is 0 Å². The number of carbonyl (C=O) groups excluding carboxylic acids is 1. The number of hydrogen-bond acceptors (Lipinski definition) is 7. The molecule has 0 spiro atoms. The number of rotatable bonds is 2. The first-order valence-corrected chi connectivity index (χ1v) is 9.79. The molecule has 0 N–H and O–H groups in total. The number of esters is 1. The van der Waals surface area contributed by atoms with Crippen LogP contribution in [0.4, 0.5) is 0 Å². The maximum Gasteiger partial charge on any atom is 0.343 e. The minimum atomic E-state index is -1.00. The Morgan fingerprint density at radius 1 is 0.828 bits per heavy atom. The number of carbonyl (C=O) groups is 1. The normalized spacial score (nSPS) is 34.6. The van der Waals surface area contributed by atoms with E-state index in [0.29, 0.717) is 5.75 Å². The van der Waals surface area contributed by atoms with E-state index < -0.39 is 48.2 Å². The molecule has 0 saturated carbocycles. The van der Waals surface area contributed by atoms with Gasteiger partial charge >= 0.3 is 5.97 Å². The van der Waals surface area contributed by atoms with Crippen molar-refractivity contribution in [2.45, 2.75) is 70.0 Å². The Balaban J connectivity index is 1.44. The summed E-state index contributed by atoms with van der Waals surface area (Å²) < 4.78 is 35.6. The summed E-state index contributed by atoms with van der Waals surface area (Å²) in [6, 6.07) is 13.3. The van der Waals surface area contributed by atoms with Gasteiger partial charge in [0.2, 0.25) is 0 Å². The lowest BCUT2D eigenvalue weighted by molar-refractivity contribution is -0.236. The van der Waals surface area contributed by atoms with Crippen LogP contribution in [0.3, 0.4) is 0 Å². The lowest BCUT2D eigenvalue weighted by Gasteiger charge is -2.35. The highest BCUT2D eigenvalue weighted by Gasteiger charge is 2.62. The van der Waals surface area contributed by atoms with E-state index in [1.807, 2.05) is 36.4 Å². The number of benzene rings is 2. The van der Waals surface area contributed by atoms with E-state index in [9.17, 15) is 4.79 Å². The second-order valence-corrected chi connectivity index (χ2v) is 8.49. The van der Waals surface area contributed by atoms with Crippen molar-refractivity contribution in [3.8, 4) is 5.75 Å². The minimum absolute atomic E-state index is 0.470. The van der Waals surface area contributed by atoms with Gasteiger partial charge in [-0.15, -0.1) is 0 Å². The summed E-state index contributed by atoms with van der Waals surface area (Å²) in [6.45, 7) is 7.20. The van der Waals surface area contributed by atoms with Crippen LogP contribution in [0.1, 0.15) is 27.7 Å². The SMILES string of the molecule is CC1(C)O[C@@H]2[C@@H](O1)[C@@H](C(=O)Oc1cccc3ccccc13)O[C@H]1OC(C)(C)O[C@@H]12. The van der Waals surface area contributed by atoms with Gasteiger partial charge in [-0.05, 0) is 39.1 Å². The Kier molecular flexibility index (Phi) is 4.24. The average molecular weight is 400 g/mol.